The Hall–Kier alpha value is -3.03. The number of fused-ring (bicyclic) bond motifs is 1. The predicted octanol–water partition coefficient (Wildman–Crippen LogP) is 4.72. The summed E-state index contributed by atoms with van der Waals surface area (Å²) in [6, 6.07) is 17.9. The van der Waals surface area contributed by atoms with E-state index in [0.29, 0.717) is 21.4 Å². The van der Waals surface area contributed by atoms with Gasteiger partial charge in [0.1, 0.15) is 5.76 Å². The molecule has 4 aromatic rings. The Bertz CT molecular complexity index is 1090. The number of hydrogen-bond donors (Lipinski definition) is 2. The maximum absolute atomic E-state index is 12.0. The molecule has 0 aliphatic heterocycles. The first-order chi connectivity index (χ1) is 13.2. The molecule has 2 N–H and O–H groups in total. The summed E-state index contributed by atoms with van der Waals surface area (Å²) in [6.45, 7) is 0. The van der Waals surface area contributed by atoms with E-state index in [9.17, 15) is 4.79 Å². The number of carbonyl (C=O) groups excluding carboxylic acids is 1. The quantitative estimate of drug-likeness (QED) is 0.377. The van der Waals surface area contributed by atoms with Crippen LogP contribution in [0.2, 0.25) is 5.02 Å². The van der Waals surface area contributed by atoms with Gasteiger partial charge in [0.25, 0.3) is 5.91 Å². The molecule has 2 aromatic carbocycles. The van der Waals surface area contributed by atoms with E-state index < -0.39 is 0 Å². The van der Waals surface area contributed by atoms with E-state index in [4.69, 9.17) is 16.0 Å². The van der Waals surface area contributed by atoms with E-state index in [1.165, 1.54) is 18.0 Å². The van der Waals surface area contributed by atoms with Crippen LogP contribution in [0.15, 0.2) is 80.4 Å². The minimum absolute atomic E-state index is 0.327. The first kappa shape index (κ1) is 17.4. The van der Waals surface area contributed by atoms with Crippen molar-refractivity contribution in [1.29, 1.82) is 0 Å². The highest BCUT2D eigenvalue weighted by atomic mass is 35.5. The number of carbonyl (C=O) groups is 1. The molecule has 0 saturated carbocycles. The monoisotopic (exact) mass is 396 g/mol. The Morgan fingerprint density at radius 3 is 2.78 bits per heavy atom. The maximum Gasteiger partial charge on any atom is 0.271 e. The number of furan rings is 1. The zero-order valence-electron chi connectivity index (χ0n) is 13.8. The Morgan fingerprint density at radius 2 is 1.96 bits per heavy atom. The molecule has 0 saturated heterocycles. The van der Waals surface area contributed by atoms with Gasteiger partial charge in [0.15, 0.2) is 10.2 Å². The first-order valence-corrected chi connectivity index (χ1v) is 9.18. The molecule has 0 aliphatic carbocycles. The van der Waals surface area contributed by atoms with Crippen LogP contribution in [0.5, 0.6) is 0 Å². The molecule has 134 valence electrons. The third kappa shape index (κ3) is 4.21. The number of nitrogens with zero attached hydrogens (tertiary/aromatic N) is 2. The maximum atomic E-state index is 12.0. The largest absolute Gasteiger partial charge is 0.448 e. The highest BCUT2D eigenvalue weighted by Crippen LogP contribution is 2.28. The minimum Gasteiger partial charge on any atom is -0.448 e. The third-order valence-electron chi connectivity index (χ3n) is 3.63. The van der Waals surface area contributed by atoms with Crippen molar-refractivity contribution in [1.82, 2.24) is 15.4 Å². The highest BCUT2D eigenvalue weighted by Gasteiger charge is 2.08. The standard InChI is InChI=1S/C19H13ClN4O2S/c20-13-7-5-12(6-8-13)18(25)24-21-11-14-9-10-17(26-14)27-19-22-15-3-1-2-4-16(15)23-19/h1-11H,(H,22,23)(H,24,25)/b21-11-. The Balaban J connectivity index is 1.38. The molecule has 2 aromatic heterocycles. The van der Waals surface area contributed by atoms with Crippen LogP contribution in [0.1, 0.15) is 16.1 Å². The SMILES string of the molecule is O=C(N/N=C\c1ccc(Sc2nc3ccccc3[nH]2)o1)c1ccc(Cl)cc1. The number of hydrazone groups is 1. The van der Waals surface area contributed by atoms with Crippen molar-refractivity contribution < 1.29 is 9.21 Å². The zero-order chi connectivity index (χ0) is 18.6. The molecule has 0 aliphatic rings. The van der Waals surface area contributed by atoms with Gasteiger partial charge in [-0.25, -0.2) is 10.4 Å². The molecule has 6 nitrogen and oxygen atoms in total. The van der Waals surface area contributed by atoms with E-state index in [1.807, 2.05) is 30.3 Å². The lowest BCUT2D eigenvalue weighted by Gasteiger charge is -1.99. The molecule has 8 heteroatoms. The lowest BCUT2D eigenvalue weighted by molar-refractivity contribution is 0.0955. The van der Waals surface area contributed by atoms with Gasteiger partial charge < -0.3 is 9.40 Å². The first-order valence-electron chi connectivity index (χ1n) is 7.99. The second-order valence-electron chi connectivity index (χ2n) is 5.52. The molecule has 27 heavy (non-hydrogen) atoms. The number of imidazole rings is 1. The van der Waals surface area contributed by atoms with Crippen LogP contribution in [0.25, 0.3) is 11.0 Å². The fraction of sp³-hybridized carbons (Fsp3) is 0. The van der Waals surface area contributed by atoms with Gasteiger partial charge in [-0.3, -0.25) is 4.79 Å². The summed E-state index contributed by atoms with van der Waals surface area (Å²) in [6.07, 6.45) is 1.44. The molecular formula is C19H13ClN4O2S. The Kier molecular flexibility index (Phi) is 4.95. The summed E-state index contributed by atoms with van der Waals surface area (Å²) in [5.41, 5.74) is 4.79. The summed E-state index contributed by atoms with van der Waals surface area (Å²) in [7, 11) is 0. The van der Waals surface area contributed by atoms with Crippen molar-refractivity contribution in [3.63, 3.8) is 0 Å². The van der Waals surface area contributed by atoms with Gasteiger partial charge in [-0.05, 0) is 60.3 Å². The highest BCUT2D eigenvalue weighted by molar-refractivity contribution is 7.99. The zero-order valence-corrected chi connectivity index (χ0v) is 15.4. The second kappa shape index (κ2) is 7.69. The number of nitrogens with one attached hydrogen (secondary N) is 2. The molecule has 0 spiro atoms. The average molecular weight is 397 g/mol. The molecule has 0 unspecified atom stereocenters. The van der Waals surface area contributed by atoms with Gasteiger partial charge >= 0.3 is 0 Å². The van der Waals surface area contributed by atoms with E-state index in [-0.39, 0.29) is 5.91 Å². The summed E-state index contributed by atoms with van der Waals surface area (Å²) in [5, 5.41) is 5.89. The van der Waals surface area contributed by atoms with Crippen molar-refractivity contribution >= 4 is 46.5 Å². The van der Waals surface area contributed by atoms with E-state index >= 15 is 0 Å². The summed E-state index contributed by atoms with van der Waals surface area (Å²) in [5.74, 6) is 0.191. The number of halogens is 1. The molecule has 4 rings (SSSR count). The lowest BCUT2D eigenvalue weighted by atomic mass is 10.2. The molecule has 0 atom stereocenters. The van der Waals surface area contributed by atoms with Gasteiger partial charge in [0, 0.05) is 10.6 Å². The topological polar surface area (TPSA) is 83.3 Å². The molecular weight excluding hydrogens is 384 g/mol. The summed E-state index contributed by atoms with van der Waals surface area (Å²) in [4.78, 5) is 19.7. The minimum atomic E-state index is -0.327. The predicted molar refractivity (Wildman–Crippen MR) is 105 cm³/mol. The van der Waals surface area contributed by atoms with Gasteiger partial charge in [-0.2, -0.15) is 5.10 Å². The van der Waals surface area contributed by atoms with Crippen molar-refractivity contribution in [2.75, 3.05) is 0 Å². The van der Waals surface area contributed by atoms with Crippen LogP contribution in [0.4, 0.5) is 0 Å². The van der Waals surface area contributed by atoms with Gasteiger partial charge in [0.2, 0.25) is 0 Å². The van der Waals surface area contributed by atoms with Crippen LogP contribution >= 0.6 is 23.4 Å². The Labute approximate surface area is 163 Å². The number of benzene rings is 2. The normalized spacial score (nSPS) is 11.3. The van der Waals surface area contributed by atoms with Crippen LogP contribution in [-0.2, 0) is 0 Å². The fourth-order valence-electron chi connectivity index (χ4n) is 2.35. The fourth-order valence-corrected chi connectivity index (χ4v) is 3.25. The number of aromatic amines is 1. The molecule has 1 amide bonds. The number of H-pyrrole nitrogens is 1. The van der Waals surface area contributed by atoms with Crippen molar-refractivity contribution in [2.24, 2.45) is 5.10 Å². The number of hydrogen-bond acceptors (Lipinski definition) is 5. The molecule has 2 heterocycles. The van der Waals surface area contributed by atoms with Crippen molar-refractivity contribution in [3.05, 3.63) is 77.0 Å². The van der Waals surface area contributed by atoms with Gasteiger partial charge in [0.05, 0.1) is 17.2 Å². The van der Waals surface area contributed by atoms with Crippen LogP contribution in [0, 0.1) is 0 Å². The van der Waals surface area contributed by atoms with E-state index in [0.717, 1.165) is 16.2 Å². The third-order valence-corrected chi connectivity index (χ3v) is 4.69. The number of amides is 1. The van der Waals surface area contributed by atoms with E-state index in [1.54, 1.807) is 30.3 Å². The molecule has 0 radical (unpaired) electrons. The molecule has 0 bridgehead atoms. The van der Waals surface area contributed by atoms with Crippen LogP contribution in [-0.4, -0.2) is 22.1 Å². The van der Waals surface area contributed by atoms with Crippen LogP contribution in [0.3, 0.4) is 0 Å². The smallest absolute Gasteiger partial charge is 0.271 e. The van der Waals surface area contributed by atoms with E-state index in [2.05, 4.69) is 20.5 Å². The van der Waals surface area contributed by atoms with Crippen molar-refractivity contribution in [2.45, 2.75) is 10.2 Å². The lowest BCUT2D eigenvalue weighted by Crippen LogP contribution is -2.17. The van der Waals surface area contributed by atoms with Crippen molar-refractivity contribution in [3.8, 4) is 0 Å². The number of para-hydroxylation sites is 2. The number of aromatic nitrogens is 2. The summed E-state index contributed by atoms with van der Waals surface area (Å²) < 4.78 is 5.67. The Morgan fingerprint density at radius 1 is 1.15 bits per heavy atom. The van der Waals surface area contributed by atoms with Gasteiger partial charge in [-0.15, -0.1) is 0 Å². The summed E-state index contributed by atoms with van der Waals surface area (Å²) >= 11 is 7.18. The van der Waals surface area contributed by atoms with Gasteiger partial charge in [-0.1, -0.05) is 23.7 Å². The number of rotatable bonds is 5. The second-order valence-corrected chi connectivity index (χ2v) is 6.95. The van der Waals surface area contributed by atoms with Crippen LogP contribution < -0.4 is 5.43 Å². The average Bonchev–Trinajstić information content (AvgIpc) is 3.28. The molecule has 0 fully saturated rings.